The van der Waals surface area contributed by atoms with E-state index < -0.39 is 0 Å². The third-order valence-corrected chi connectivity index (χ3v) is 8.96. The molecule has 4 aromatic carbocycles. The molecule has 0 unspecified atom stereocenters. The van der Waals surface area contributed by atoms with Crippen LogP contribution in [0, 0.1) is 18.2 Å². The Labute approximate surface area is 333 Å². The van der Waals surface area contributed by atoms with E-state index in [4.69, 9.17) is 0 Å². The summed E-state index contributed by atoms with van der Waals surface area (Å²) in [6.45, 7) is 0. The van der Waals surface area contributed by atoms with Gasteiger partial charge in [0.05, 0.1) is 0 Å². The monoisotopic (exact) mass is 898 g/mol. The van der Waals surface area contributed by atoms with Crippen LogP contribution in [-0.4, -0.2) is 53.8 Å². The number of rotatable bonds is 9. The zero-order valence-corrected chi connectivity index (χ0v) is 32.5. The van der Waals surface area contributed by atoms with Gasteiger partial charge in [-0.3, -0.25) is 14.4 Å². The van der Waals surface area contributed by atoms with Crippen LogP contribution in [0.4, 0.5) is 17.1 Å². The number of hydrogen-bond acceptors (Lipinski definition) is 6. The molecule has 3 heterocycles. The zero-order chi connectivity index (χ0) is 37.6. The molecule has 7 rings (SSSR count). The maximum absolute atomic E-state index is 13.9. The van der Waals surface area contributed by atoms with E-state index in [9.17, 15) is 14.4 Å². The number of carbonyl (C=O) groups is 3. The van der Waals surface area contributed by atoms with Gasteiger partial charge in [-0.1, -0.05) is 36.4 Å². The van der Waals surface area contributed by atoms with Gasteiger partial charge in [-0.05, 0) is 70.2 Å². The summed E-state index contributed by atoms with van der Waals surface area (Å²) in [6, 6.07) is 47.0. The topological polar surface area (TPSA) is 99.6 Å². The molecule has 0 aliphatic rings. The molecule has 3 amide bonds. The summed E-state index contributed by atoms with van der Waals surface area (Å²) in [5.41, 5.74) is 7.14. The smallest absolute Gasteiger partial charge is 0.319 e. The van der Waals surface area contributed by atoms with Gasteiger partial charge in [0.25, 0.3) is 0 Å². The average Bonchev–Trinajstić information content (AvgIpc) is 3.25. The number of nitrogens with zero attached hydrogens (tertiary/aromatic N) is 6. The van der Waals surface area contributed by atoms with Crippen LogP contribution in [0.3, 0.4) is 0 Å². The van der Waals surface area contributed by atoms with Crippen LogP contribution in [0.15, 0.2) is 146 Å². The van der Waals surface area contributed by atoms with E-state index in [-0.39, 0.29) is 37.8 Å². The van der Waals surface area contributed by atoms with Gasteiger partial charge in [-0.25, -0.2) is 0 Å². The molecular weight excluding hydrogens is 865 g/mol. The molecule has 0 radical (unpaired) electrons. The predicted octanol–water partition coefficient (Wildman–Crippen LogP) is 8.10. The van der Waals surface area contributed by atoms with E-state index in [0.717, 1.165) is 33.8 Å². The van der Waals surface area contributed by atoms with Gasteiger partial charge in [0.2, 0.25) is 17.7 Å². The molecule has 0 bridgehead atoms. The molecule has 0 N–H and O–H groups in total. The Morgan fingerprint density at radius 1 is 0.436 bits per heavy atom. The van der Waals surface area contributed by atoms with Gasteiger partial charge in [-0.2, -0.15) is 0 Å². The minimum atomic E-state index is -0.302. The van der Waals surface area contributed by atoms with Crippen molar-refractivity contribution in [1.29, 1.82) is 0 Å². The van der Waals surface area contributed by atoms with E-state index in [0.29, 0.717) is 33.8 Å². The van der Waals surface area contributed by atoms with Crippen LogP contribution in [0.1, 0.15) is 31.1 Å². The number of anilines is 3. The SMILES string of the molecule is CN(C(=O)c1c[c-]c(-c2ccccn2)cc1)c1cc(N(C)C(=O)c2c[c-]c(-c3ccccn3)cc2)cc(N(C)C(=O)c2c[c-]c(-c3ccccn3)cc2)c1.[Ir+3]. The van der Waals surface area contributed by atoms with Gasteiger partial charge in [0.1, 0.15) is 0 Å². The Morgan fingerprint density at radius 2 is 0.727 bits per heavy atom. The quantitative estimate of drug-likeness (QED) is 0.136. The molecule has 9 nitrogen and oxygen atoms in total. The Balaban J connectivity index is 0.00000514. The minimum Gasteiger partial charge on any atom is -0.319 e. The second-order valence-electron chi connectivity index (χ2n) is 12.4. The van der Waals surface area contributed by atoms with E-state index in [1.54, 1.807) is 113 Å². The fourth-order valence-corrected chi connectivity index (χ4v) is 5.81. The first kappa shape index (κ1) is 38.1. The van der Waals surface area contributed by atoms with Crippen LogP contribution < -0.4 is 14.7 Å². The van der Waals surface area contributed by atoms with Gasteiger partial charge in [0, 0.05) is 56.8 Å². The minimum absolute atomic E-state index is 0. The van der Waals surface area contributed by atoms with Crippen LogP contribution in [0.2, 0.25) is 0 Å². The van der Waals surface area contributed by atoms with Gasteiger partial charge in [0.15, 0.2) is 0 Å². The summed E-state index contributed by atoms with van der Waals surface area (Å²) in [4.78, 5) is 59.2. The third-order valence-electron chi connectivity index (χ3n) is 8.96. The molecule has 0 saturated heterocycles. The summed E-state index contributed by atoms with van der Waals surface area (Å²) >= 11 is 0. The van der Waals surface area contributed by atoms with E-state index >= 15 is 0 Å². The van der Waals surface area contributed by atoms with Crippen molar-refractivity contribution >= 4 is 34.8 Å². The summed E-state index contributed by atoms with van der Waals surface area (Å²) in [5.74, 6) is -0.905. The normalized spacial score (nSPS) is 10.5. The van der Waals surface area contributed by atoms with Crippen molar-refractivity contribution in [1.82, 2.24) is 15.0 Å². The molecule has 0 saturated carbocycles. The standard InChI is InChI=1S/C45H33N6O3.Ir/c1-49(43(52)34-19-13-31(14-20-34)40-10-4-7-25-46-40)37-28-38(50(2)44(53)35-21-15-32(16-22-35)41-11-5-8-26-47-41)30-39(29-37)51(3)45(54)36-23-17-33(18-24-36)42-12-6-9-27-48-42;/h4-13,15,17,19-30H,1-3H3;/q-3;+3. The first-order valence-corrected chi connectivity index (χ1v) is 17.1. The Morgan fingerprint density at radius 3 is 0.945 bits per heavy atom. The molecule has 0 fully saturated rings. The molecule has 270 valence electrons. The van der Waals surface area contributed by atoms with Crippen molar-refractivity contribution in [2.24, 2.45) is 0 Å². The van der Waals surface area contributed by atoms with Crippen LogP contribution >= 0.6 is 0 Å². The van der Waals surface area contributed by atoms with E-state index in [2.05, 4.69) is 33.2 Å². The second kappa shape index (κ2) is 17.0. The fraction of sp³-hybridized carbons (Fsp3) is 0.0667. The number of pyridine rings is 3. The van der Waals surface area contributed by atoms with Crippen molar-refractivity contribution in [2.75, 3.05) is 35.8 Å². The van der Waals surface area contributed by atoms with Crippen molar-refractivity contribution in [3.8, 4) is 33.8 Å². The van der Waals surface area contributed by atoms with Gasteiger partial charge >= 0.3 is 20.1 Å². The van der Waals surface area contributed by atoms with Crippen molar-refractivity contribution in [2.45, 2.75) is 0 Å². The van der Waals surface area contributed by atoms with Crippen molar-refractivity contribution in [3.63, 3.8) is 0 Å². The fourth-order valence-electron chi connectivity index (χ4n) is 5.81. The number of benzene rings is 4. The Hall–Kier alpha value is -6.61. The predicted molar refractivity (Wildman–Crippen MR) is 210 cm³/mol. The van der Waals surface area contributed by atoms with E-state index in [1.165, 1.54) is 14.7 Å². The maximum atomic E-state index is 13.9. The van der Waals surface area contributed by atoms with Crippen LogP contribution in [0.25, 0.3) is 33.8 Å². The third kappa shape index (κ3) is 8.47. The summed E-state index contributed by atoms with van der Waals surface area (Å²) < 4.78 is 0. The van der Waals surface area contributed by atoms with Crippen molar-refractivity contribution < 1.29 is 34.5 Å². The Bertz CT molecular complexity index is 2130. The van der Waals surface area contributed by atoms with E-state index in [1.807, 2.05) is 54.6 Å². The Kier molecular flexibility index (Phi) is 11.8. The molecule has 3 aromatic heterocycles. The molecule has 55 heavy (non-hydrogen) atoms. The zero-order valence-electron chi connectivity index (χ0n) is 30.1. The maximum Gasteiger partial charge on any atom is 3.00 e. The molecular formula is C45H33IrN6O3. The van der Waals surface area contributed by atoms with Crippen molar-refractivity contribution in [3.05, 3.63) is 181 Å². The number of carbonyl (C=O) groups excluding carboxylic acids is 3. The largest absolute Gasteiger partial charge is 3.00 e. The van der Waals surface area contributed by atoms with Gasteiger partial charge < -0.3 is 29.7 Å². The molecule has 0 spiro atoms. The van der Waals surface area contributed by atoms with Crippen LogP contribution in [0.5, 0.6) is 0 Å². The molecule has 0 atom stereocenters. The van der Waals surface area contributed by atoms with Gasteiger partial charge in [-0.15, -0.1) is 89.5 Å². The molecule has 0 aliphatic carbocycles. The first-order chi connectivity index (χ1) is 26.3. The number of amides is 3. The molecule has 7 aromatic rings. The summed E-state index contributed by atoms with van der Waals surface area (Å²) in [7, 11) is 4.95. The number of aromatic nitrogens is 3. The average molecular weight is 898 g/mol. The van der Waals surface area contributed by atoms with Crippen LogP contribution in [-0.2, 0) is 20.1 Å². The number of hydrogen-bond donors (Lipinski definition) is 0. The first-order valence-electron chi connectivity index (χ1n) is 17.1. The molecule has 0 aliphatic heterocycles. The summed E-state index contributed by atoms with van der Waals surface area (Å²) in [5, 5.41) is 0. The molecule has 10 heteroatoms. The second-order valence-corrected chi connectivity index (χ2v) is 12.4. The summed E-state index contributed by atoms with van der Waals surface area (Å²) in [6.07, 6.45) is 5.11.